The van der Waals surface area contributed by atoms with E-state index in [1.165, 1.54) is 12.3 Å². The summed E-state index contributed by atoms with van der Waals surface area (Å²) < 4.78 is 6.00. The van der Waals surface area contributed by atoms with Crippen molar-refractivity contribution in [2.75, 3.05) is 5.32 Å². The molecule has 0 bridgehead atoms. The van der Waals surface area contributed by atoms with Gasteiger partial charge in [0, 0.05) is 10.2 Å². The zero-order chi connectivity index (χ0) is 18.4. The summed E-state index contributed by atoms with van der Waals surface area (Å²) in [6.07, 6.45) is 3.00. The summed E-state index contributed by atoms with van der Waals surface area (Å²) in [4.78, 5) is 24.9. The Morgan fingerprint density at radius 1 is 0.923 bits per heavy atom. The molecule has 0 spiro atoms. The van der Waals surface area contributed by atoms with Crippen molar-refractivity contribution in [2.24, 2.45) is 0 Å². The van der Waals surface area contributed by atoms with Crippen LogP contribution in [0, 0.1) is 0 Å². The van der Waals surface area contributed by atoms with E-state index in [-0.39, 0.29) is 11.5 Å². The van der Waals surface area contributed by atoms with E-state index in [1.807, 2.05) is 42.5 Å². The van der Waals surface area contributed by atoms with E-state index in [0.717, 1.165) is 10.0 Å². The lowest BCUT2D eigenvalue weighted by Crippen LogP contribution is -2.30. The lowest BCUT2D eigenvalue weighted by molar-refractivity contribution is -0.113. The van der Waals surface area contributed by atoms with Crippen LogP contribution in [0.5, 0.6) is 0 Å². The monoisotopic (exact) mass is 410 g/mol. The number of carbonyl (C=O) groups is 2. The average molecular weight is 411 g/mol. The van der Waals surface area contributed by atoms with E-state index >= 15 is 0 Å². The molecule has 3 aromatic rings. The van der Waals surface area contributed by atoms with Gasteiger partial charge in [-0.05, 0) is 48.0 Å². The maximum absolute atomic E-state index is 12.7. The topological polar surface area (TPSA) is 71.3 Å². The van der Waals surface area contributed by atoms with Gasteiger partial charge in [0.25, 0.3) is 11.8 Å². The van der Waals surface area contributed by atoms with Gasteiger partial charge in [-0.15, -0.1) is 0 Å². The number of para-hydroxylation sites is 1. The Hall–Kier alpha value is -3.12. The molecule has 0 unspecified atom stereocenters. The quantitative estimate of drug-likeness (QED) is 0.610. The number of carbonyl (C=O) groups excluding carboxylic acids is 2. The van der Waals surface area contributed by atoms with Crippen molar-refractivity contribution >= 4 is 39.5 Å². The summed E-state index contributed by atoms with van der Waals surface area (Å²) in [6, 6.07) is 19.5. The fourth-order valence-corrected chi connectivity index (χ4v) is 2.46. The predicted octanol–water partition coefficient (Wildman–Crippen LogP) is 4.45. The fourth-order valence-electron chi connectivity index (χ4n) is 2.20. The maximum atomic E-state index is 12.7. The Labute approximate surface area is 158 Å². The molecule has 5 nitrogen and oxygen atoms in total. The molecule has 0 atom stereocenters. The Morgan fingerprint density at radius 3 is 2.31 bits per heavy atom. The number of rotatable bonds is 5. The molecular formula is C20H15BrN2O3. The van der Waals surface area contributed by atoms with Crippen LogP contribution in [0.4, 0.5) is 5.69 Å². The van der Waals surface area contributed by atoms with Crippen LogP contribution in [-0.2, 0) is 4.79 Å². The van der Waals surface area contributed by atoms with Gasteiger partial charge in [0.2, 0.25) is 0 Å². The van der Waals surface area contributed by atoms with Crippen molar-refractivity contribution in [1.82, 2.24) is 5.32 Å². The van der Waals surface area contributed by atoms with E-state index in [0.29, 0.717) is 5.69 Å². The molecule has 0 aliphatic heterocycles. The van der Waals surface area contributed by atoms with Gasteiger partial charge in [-0.25, -0.2) is 0 Å². The standard InChI is InChI=1S/C20H15BrN2O3/c21-15-10-8-14(9-11-15)13-17(23-20(25)18-7-4-12-26-18)19(24)22-16-5-2-1-3-6-16/h1-13H,(H,22,24)(H,23,25). The third-order valence-electron chi connectivity index (χ3n) is 3.45. The Bertz CT molecular complexity index is 917. The van der Waals surface area contributed by atoms with Gasteiger partial charge < -0.3 is 15.1 Å². The third kappa shape index (κ3) is 4.70. The van der Waals surface area contributed by atoms with Crippen molar-refractivity contribution in [2.45, 2.75) is 0 Å². The lowest BCUT2D eigenvalue weighted by atomic mass is 10.2. The highest BCUT2D eigenvalue weighted by Crippen LogP contribution is 2.14. The van der Waals surface area contributed by atoms with Crippen LogP contribution in [0.2, 0.25) is 0 Å². The smallest absolute Gasteiger partial charge is 0.291 e. The summed E-state index contributed by atoms with van der Waals surface area (Å²) in [5.74, 6) is -0.806. The molecule has 0 fully saturated rings. The Balaban J connectivity index is 1.86. The highest BCUT2D eigenvalue weighted by molar-refractivity contribution is 9.10. The first-order chi connectivity index (χ1) is 12.6. The second-order valence-corrected chi connectivity index (χ2v) is 6.28. The minimum Gasteiger partial charge on any atom is -0.459 e. The summed E-state index contributed by atoms with van der Waals surface area (Å²) in [5.41, 5.74) is 1.51. The zero-order valence-electron chi connectivity index (χ0n) is 13.6. The molecule has 0 radical (unpaired) electrons. The van der Waals surface area contributed by atoms with Crippen molar-refractivity contribution in [3.05, 3.63) is 94.5 Å². The number of nitrogens with one attached hydrogen (secondary N) is 2. The van der Waals surface area contributed by atoms with Crippen LogP contribution in [0.15, 0.2) is 87.6 Å². The normalized spacial score (nSPS) is 11.0. The molecule has 0 aliphatic carbocycles. The number of hydrogen-bond donors (Lipinski definition) is 2. The largest absolute Gasteiger partial charge is 0.459 e. The third-order valence-corrected chi connectivity index (χ3v) is 3.98. The van der Waals surface area contributed by atoms with Crippen LogP contribution in [-0.4, -0.2) is 11.8 Å². The molecule has 6 heteroatoms. The lowest BCUT2D eigenvalue weighted by Gasteiger charge is -2.10. The first-order valence-corrected chi connectivity index (χ1v) is 8.59. The van der Waals surface area contributed by atoms with E-state index in [2.05, 4.69) is 26.6 Å². The summed E-state index contributed by atoms with van der Waals surface area (Å²) in [7, 11) is 0. The van der Waals surface area contributed by atoms with Crippen molar-refractivity contribution in [3.63, 3.8) is 0 Å². The Kier molecular flexibility index (Phi) is 5.66. The van der Waals surface area contributed by atoms with Gasteiger partial charge in [0.05, 0.1) is 6.26 Å². The van der Waals surface area contributed by atoms with E-state index in [1.54, 1.807) is 24.3 Å². The van der Waals surface area contributed by atoms with Gasteiger partial charge in [0.1, 0.15) is 5.70 Å². The van der Waals surface area contributed by atoms with Crippen LogP contribution < -0.4 is 10.6 Å². The molecule has 3 rings (SSSR count). The zero-order valence-corrected chi connectivity index (χ0v) is 15.2. The molecular weight excluding hydrogens is 396 g/mol. The first kappa shape index (κ1) is 17.7. The maximum Gasteiger partial charge on any atom is 0.291 e. The Morgan fingerprint density at radius 2 is 1.65 bits per heavy atom. The van der Waals surface area contributed by atoms with Gasteiger partial charge >= 0.3 is 0 Å². The van der Waals surface area contributed by atoms with Crippen LogP contribution in [0.25, 0.3) is 6.08 Å². The SMILES string of the molecule is O=C(Nc1ccccc1)C(=Cc1ccc(Br)cc1)NC(=O)c1ccco1. The molecule has 1 heterocycles. The van der Waals surface area contributed by atoms with Crippen molar-refractivity contribution in [1.29, 1.82) is 0 Å². The fraction of sp³-hybridized carbons (Fsp3) is 0. The van der Waals surface area contributed by atoms with Gasteiger partial charge in [-0.1, -0.05) is 46.3 Å². The van der Waals surface area contributed by atoms with Gasteiger partial charge in [-0.2, -0.15) is 0 Å². The van der Waals surface area contributed by atoms with E-state index in [9.17, 15) is 9.59 Å². The molecule has 1 aromatic heterocycles. The molecule has 2 amide bonds. The van der Waals surface area contributed by atoms with Crippen molar-refractivity contribution < 1.29 is 14.0 Å². The first-order valence-electron chi connectivity index (χ1n) is 7.80. The summed E-state index contributed by atoms with van der Waals surface area (Å²) in [6.45, 7) is 0. The molecule has 26 heavy (non-hydrogen) atoms. The summed E-state index contributed by atoms with van der Waals surface area (Å²) in [5, 5.41) is 5.37. The molecule has 0 saturated heterocycles. The van der Waals surface area contributed by atoms with Crippen molar-refractivity contribution in [3.8, 4) is 0 Å². The highest BCUT2D eigenvalue weighted by Gasteiger charge is 2.16. The molecule has 2 aromatic carbocycles. The average Bonchev–Trinajstić information content (AvgIpc) is 3.18. The van der Waals surface area contributed by atoms with Crippen LogP contribution in [0.1, 0.15) is 16.1 Å². The number of amides is 2. The number of furan rings is 1. The minimum atomic E-state index is -0.499. The number of halogens is 1. The number of benzene rings is 2. The number of hydrogen-bond acceptors (Lipinski definition) is 3. The van der Waals surface area contributed by atoms with Gasteiger partial charge in [-0.3, -0.25) is 9.59 Å². The van der Waals surface area contributed by atoms with Crippen LogP contribution >= 0.6 is 15.9 Å². The van der Waals surface area contributed by atoms with Gasteiger partial charge in [0.15, 0.2) is 5.76 Å². The summed E-state index contributed by atoms with van der Waals surface area (Å²) >= 11 is 3.37. The van der Waals surface area contributed by atoms with Crippen LogP contribution in [0.3, 0.4) is 0 Å². The molecule has 0 aliphatic rings. The molecule has 130 valence electrons. The van der Waals surface area contributed by atoms with E-state index < -0.39 is 11.8 Å². The second kappa shape index (κ2) is 8.31. The van der Waals surface area contributed by atoms with E-state index in [4.69, 9.17) is 4.42 Å². The second-order valence-electron chi connectivity index (χ2n) is 5.36. The molecule has 2 N–H and O–H groups in total. The number of anilines is 1. The molecule has 0 saturated carbocycles. The minimum absolute atomic E-state index is 0.109. The predicted molar refractivity (Wildman–Crippen MR) is 103 cm³/mol. The highest BCUT2D eigenvalue weighted by atomic mass is 79.9.